The SMILES string of the molecule is COC(=O)C=Cc1cncc(C(F)(F)F)c1. The molecule has 1 heterocycles. The van der Waals surface area contributed by atoms with E-state index in [-0.39, 0.29) is 5.56 Å². The Morgan fingerprint density at radius 3 is 2.69 bits per heavy atom. The highest BCUT2D eigenvalue weighted by molar-refractivity contribution is 5.86. The fraction of sp³-hybridized carbons (Fsp3) is 0.200. The van der Waals surface area contributed by atoms with Gasteiger partial charge in [0.1, 0.15) is 0 Å². The standard InChI is InChI=1S/C10H8F3NO2/c1-16-9(15)3-2-7-4-8(6-14-5-7)10(11,12)13/h2-6H,1H3. The number of halogens is 3. The Morgan fingerprint density at radius 1 is 1.44 bits per heavy atom. The fourth-order valence-electron chi connectivity index (χ4n) is 0.936. The van der Waals surface area contributed by atoms with Gasteiger partial charge in [0, 0.05) is 18.5 Å². The van der Waals surface area contributed by atoms with Gasteiger partial charge in [0.2, 0.25) is 0 Å². The van der Waals surface area contributed by atoms with Crippen molar-refractivity contribution in [2.24, 2.45) is 0 Å². The average molecular weight is 231 g/mol. The van der Waals surface area contributed by atoms with Gasteiger partial charge in [-0.2, -0.15) is 13.2 Å². The normalized spacial score (nSPS) is 11.8. The molecule has 0 bridgehead atoms. The first-order valence-electron chi connectivity index (χ1n) is 4.22. The van der Waals surface area contributed by atoms with Crippen molar-refractivity contribution in [3.8, 4) is 0 Å². The Kier molecular flexibility index (Phi) is 3.65. The quantitative estimate of drug-likeness (QED) is 0.579. The topological polar surface area (TPSA) is 39.2 Å². The number of ether oxygens (including phenoxy) is 1. The smallest absolute Gasteiger partial charge is 0.417 e. The van der Waals surface area contributed by atoms with Gasteiger partial charge in [-0.3, -0.25) is 4.98 Å². The van der Waals surface area contributed by atoms with Crippen LogP contribution in [0.25, 0.3) is 6.08 Å². The van der Waals surface area contributed by atoms with Gasteiger partial charge in [0.25, 0.3) is 0 Å². The summed E-state index contributed by atoms with van der Waals surface area (Å²) in [4.78, 5) is 14.1. The Hall–Kier alpha value is -1.85. The number of hydrogen-bond acceptors (Lipinski definition) is 3. The molecule has 0 radical (unpaired) electrons. The summed E-state index contributed by atoms with van der Waals surface area (Å²) in [5, 5.41) is 0. The molecule has 0 atom stereocenters. The molecule has 0 fully saturated rings. The second-order valence-corrected chi connectivity index (χ2v) is 2.86. The van der Waals surface area contributed by atoms with E-state index in [0.29, 0.717) is 0 Å². The highest BCUT2D eigenvalue weighted by Crippen LogP contribution is 2.28. The molecule has 0 aliphatic rings. The zero-order valence-electron chi connectivity index (χ0n) is 8.28. The molecule has 0 aliphatic heterocycles. The van der Waals surface area contributed by atoms with Gasteiger partial charge in [-0.05, 0) is 17.7 Å². The van der Waals surface area contributed by atoms with Crippen LogP contribution in [-0.4, -0.2) is 18.1 Å². The van der Waals surface area contributed by atoms with Gasteiger partial charge in [0.15, 0.2) is 0 Å². The summed E-state index contributed by atoms with van der Waals surface area (Å²) in [5.74, 6) is -0.641. The summed E-state index contributed by atoms with van der Waals surface area (Å²) in [6.45, 7) is 0. The Balaban J connectivity index is 2.91. The van der Waals surface area contributed by atoms with Crippen LogP contribution in [-0.2, 0) is 15.7 Å². The van der Waals surface area contributed by atoms with Crippen LogP contribution in [0.1, 0.15) is 11.1 Å². The van der Waals surface area contributed by atoms with Crippen LogP contribution >= 0.6 is 0 Å². The zero-order valence-corrected chi connectivity index (χ0v) is 8.28. The van der Waals surface area contributed by atoms with Crippen LogP contribution in [0.4, 0.5) is 13.2 Å². The average Bonchev–Trinajstić information content (AvgIpc) is 2.25. The molecule has 1 rings (SSSR count). The first kappa shape index (κ1) is 12.2. The van der Waals surface area contributed by atoms with Crippen molar-refractivity contribution in [1.82, 2.24) is 4.98 Å². The maximum Gasteiger partial charge on any atom is 0.417 e. The van der Waals surface area contributed by atoms with E-state index in [4.69, 9.17) is 0 Å². The van der Waals surface area contributed by atoms with Crippen molar-refractivity contribution in [3.05, 3.63) is 35.7 Å². The van der Waals surface area contributed by atoms with Crippen molar-refractivity contribution < 1.29 is 22.7 Å². The third kappa shape index (κ3) is 3.38. The largest absolute Gasteiger partial charge is 0.466 e. The second kappa shape index (κ2) is 4.78. The predicted octanol–water partition coefficient (Wildman–Crippen LogP) is 2.29. The molecule has 6 heteroatoms. The third-order valence-electron chi connectivity index (χ3n) is 1.70. The number of alkyl halides is 3. The van der Waals surface area contributed by atoms with Gasteiger partial charge in [-0.15, -0.1) is 0 Å². The third-order valence-corrected chi connectivity index (χ3v) is 1.70. The molecule has 1 aromatic heterocycles. The number of rotatable bonds is 2. The molecule has 0 unspecified atom stereocenters. The molecule has 1 aromatic rings. The number of esters is 1. The minimum absolute atomic E-state index is 0.181. The second-order valence-electron chi connectivity index (χ2n) is 2.86. The molecule has 0 aromatic carbocycles. The van der Waals surface area contributed by atoms with Crippen LogP contribution in [0, 0.1) is 0 Å². The van der Waals surface area contributed by atoms with E-state index in [1.165, 1.54) is 19.4 Å². The molecule has 0 saturated carbocycles. The van der Waals surface area contributed by atoms with E-state index >= 15 is 0 Å². The van der Waals surface area contributed by atoms with Crippen LogP contribution in [0.5, 0.6) is 0 Å². The van der Waals surface area contributed by atoms with E-state index in [0.717, 1.165) is 18.3 Å². The summed E-state index contributed by atoms with van der Waals surface area (Å²) in [6.07, 6.45) is -0.280. The summed E-state index contributed by atoms with van der Waals surface area (Å²) in [5.41, 5.74) is -0.681. The predicted molar refractivity (Wildman–Crippen MR) is 50.3 cm³/mol. The fourth-order valence-corrected chi connectivity index (χ4v) is 0.936. The summed E-state index contributed by atoms with van der Waals surface area (Å²) in [6, 6.07) is 0.895. The van der Waals surface area contributed by atoms with Crippen molar-refractivity contribution >= 4 is 12.0 Å². The van der Waals surface area contributed by atoms with E-state index in [9.17, 15) is 18.0 Å². The lowest BCUT2D eigenvalue weighted by molar-refractivity contribution is -0.138. The molecule has 0 saturated heterocycles. The monoisotopic (exact) mass is 231 g/mol. The number of carbonyl (C=O) groups is 1. The summed E-state index contributed by atoms with van der Waals surface area (Å²) < 4.78 is 41.1. The molecule has 3 nitrogen and oxygen atoms in total. The number of aromatic nitrogens is 1. The lowest BCUT2D eigenvalue weighted by Gasteiger charge is -2.05. The lowest BCUT2D eigenvalue weighted by atomic mass is 10.2. The van der Waals surface area contributed by atoms with Gasteiger partial charge in [-0.25, -0.2) is 4.79 Å². The number of nitrogens with zero attached hydrogens (tertiary/aromatic N) is 1. The van der Waals surface area contributed by atoms with E-state index in [2.05, 4.69) is 9.72 Å². The van der Waals surface area contributed by atoms with Gasteiger partial charge in [0.05, 0.1) is 12.7 Å². The van der Waals surface area contributed by atoms with Crippen LogP contribution in [0.15, 0.2) is 24.5 Å². The van der Waals surface area contributed by atoms with Crippen LogP contribution < -0.4 is 0 Å². The molecule has 0 spiro atoms. The first-order valence-corrected chi connectivity index (χ1v) is 4.22. The molecule has 0 aliphatic carbocycles. The molecule has 16 heavy (non-hydrogen) atoms. The van der Waals surface area contributed by atoms with Gasteiger partial charge in [-0.1, -0.05) is 0 Å². The van der Waals surface area contributed by atoms with Crippen molar-refractivity contribution in [1.29, 1.82) is 0 Å². The van der Waals surface area contributed by atoms with Gasteiger partial charge < -0.3 is 4.74 Å². The Labute approximate surface area is 89.6 Å². The molecule has 0 amide bonds. The minimum atomic E-state index is -4.44. The minimum Gasteiger partial charge on any atom is -0.466 e. The number of pyridine rings is 1. The van der Waals surface area contributed by atoms with E-state index < -0.39 is 17.7 Å². The summed E-state index contributed by atoms with van der Waals surface area (Å²) in [7, 11) is 1.18. The van der Waals surface area contributed by atoms with Crippen LogP contribution in [0.3, 0.4) is 0 Å². The highest BCUT2D eigenvalue weighted by atomic mass is 19.4. The molecular formula is C10H8F3NO2. The molecule has 0 N–H and O–H groups in total. The molecular weight excluding hydrogens is 223 g/mol. The summed E-state index contributed by atoms with van der Waals surface area (Å²) >= 11 is 0. The zero-order chi connectivity index (χ0) is 12.2. The first-order chi connectivity index (χ1) is 7.43. The number of carbonyl (C=O) groups excluding carboxylic acids is 1. The van der Waals surface area contributed by atoms with E-state index in [1.807, 2.05) is 0 Å². The Bertz CT molecular complexity index is 413. The van der Waals surface area contributed by atoms with Crippen molar-refractivity contribution in [2.75, 3.05) is 7.11 Å². The van der Waals surface area contributed by atoms with Crippen LogP contribution in [0.2, 0.25) is 0 Å². The van der Waals surface area contributed by atoms with E-state index in [1.54, 1.807) is 0 Å². The number of hydrogen-bond donors (Lipinski definition) is 0. The van der Waals surface area contributed by atoms with Crippen molar-refractivity contribution in [2.45, 2.75) is 6.18 Å². The maximum atomic E-state index is 12.3. The lowest BCUT2D eigenvalue weighted by Crippen LogP contribution is -2.05. The highest BCUT2D eigenvalue weighted by Gasteiger charge is 2.30. The van der Waals surface area contributed by atoms with Crippen molar-refractivity contribution in [3.63, 3.8) is 0 Å². The number of methoxy groups -OCH3 is 1. The van der Waals surface area contributed by atoms with Gasteiger partial charge >= 0.3 is 12.1 Å². The molecule has 86 valence electrons. The Morgan fingerprint density at radius 2 is 2.12 bits per heavy atom. The maximum absolute atomic E-state index is 12.3.